The molecule has 1 aromatic carbocycles. The lowest BCUT2D eigenvalue weighted by Crippen LogP contribution is -2.48. The summed E-state index contributed by atoms with van der Waals surface area (Å²) in [6.07, 6.45) is 2.39. The monoisotopic (exact) mass is 407 g/mol. The number of nitrogens with zero attached hydrogens (tertiary/aromatic N) is 5. The second-order valence-electron chi connectivity index (χ2n) is 7.14. The Bertz CT molecular complexity index is 955. The highest BCUT2D eigenvalue weighted by Crippen LogP contribution is 2.39. The molecule has 2 fully saturated rings. The molecule has 1 saturated carbocycles. The first-order valence-corrected chi connectivity index (χ1v) is 11.3. The highest BCUT2D eigenvalue weighted by Gasteiger charge is 2.31. The highest BCUT2D eigenvalue weighted by atomic mass is 32.2. The third-order valence-electron chi connectivity index (χ3n) is 5.26. The van der Waals surface area contributed by atoms with Crippen LogP contribution >= 0.6 is 12.2 Å². The van der Waals surface area contributed by atoms with Crippen LogP contribution in [0.5, 0.6) is 0 Å². The van der Waals surface area contributed by atoms with E-state index in [0.29, 0.717) is 43.7 Å². The summed E-state index contributed by atoms with van der Waals surface area (Å²) in [7, 11) is -3.42. The van der Waals surface area contributed by atoms with Crippen molar-refractivity contribution in [3.05, 3.63) is 40.9 Å². The van der Waals surface area contributed by atoms with Gasteiger partial charge in [-0.05, 0) is 44.1 Å². The lowest BCUT2D eigenvalue weighted by molar-refractivity contribution is 0.144. The van der Waals surface area contributed by atoms with Crippen LogP contribution in [0.4, 0.5) is 0 Å². The number of hydrogen-bond acceptors (Lipinski definition) is 5. The standard InChI is InChI=1S/C18H25N5O2S2/c1-2-22-17(15-8-9-15)19-23(18(22)26)14-20-10-12-21(13-11-20)27(24,25)16-6-4-3-5-7-16/h3-7,15H,2,8-14H2,1H3. The fourth-order valence-corrected chi connectivity index (χ4v) is 5.30. The Morgan fingerprint density at radius 2 is 1.78 bits per heavy atom. The first-order valence-electron chi connectivity index (χ1n) is 9.46. The molecule has 0 amide bonds. The molecule has 146 valence electrons. The van der Waals surface area contributed by atoms with E-state index >= 15 is 0 Å². The maximum Gasteiger partial charge on any atom is 0.243 e. The van der Waals surface area contributed by atoms with Gasteiger partial charge < -0.3 is 4.57 Å². The Hall–Kier alpha value is -1.55. The molecule has 0 N–H and O–H groups in total. The van der Waals surface area contributed by atoms with Gasteiger partial charge >= 0.3 is 0 Å². The van der Waals surface area contributed by atoms with E-state index in [-0.39, 0.29) is 0 Å². The van der Waals surface area contributed by atoms with Crippen LogP contribution in [0, 0.1) is 4.77 Å². The predicted molar refractivity (Wildman–Crippen MR) is 105 cm³/mol. The zero-order valence-electron chi connectivity index (χ0n) is 15.5. The minimum Gasteiger partial charge on any atom is -0.304 e. The summed E-state index contributed by atoms with van der Waals surface area (Å²) >= 11 is 5.60. The van der Waals surface area contributed by atoms with Gasteiger partial charge in [-0.2, -0.15) is 9.40 Å². The van der Waals surface area contributed by atoms with Gasteiger partial charge in [0.15, 0.2) is 4.77 Å². The minimum absolute atomic E-state index is 0.358. The lowest BCUT2D eigenvalue weighted by atomic mass is 10.4. The summed E-state index contributed by atoms with van der Waals surface area (Å²) < 4.78 is 31.8. The first-order chi connectivity index (χ1) is 13.0. The summed E-state index contributed by atoms with van der Waals surface area (Å²) in [5.41, 5.74) is 0. The number of aromatic nitrogens is 3. The first kappa shape index (κ1) is 18.8. The minimum atomic E-state index is -3.42. The van der Waals surface area contributed by atoms with E-state index in [1.165, 1.54) is 12.8 Å². The van der Waals surface area contributed by atoms with Gasteiger partial charge in [0.2, 0.25) is 10.0 Å². The molecule has 1 aliphatic carbocycles. The largest absolute Gasteiger partial charge is 0.304 e. The predicted octanol–water partition coefficient (Wildman–Crippen LogP) is 2.28. The second-order valence-corrected chi connectivity index (χ2v) is 9.44. The Morgan fingerprint density at radius 3 is 2.37 bits per heavy atom. The van der Waals surface area contributed by atoms with Gasteiger partial charge in [0, 0.05) is 38.6 Å². The zero-order chi connectivity index (χ0) is 19.0. The van der Waals surface area contributed by atoms with Crippen LogP contribution in [0.3, 0.4) is 0 Å². The molecule has 0 atom stereocenters. The van der Waals surface area contributed by atoms with Gasteiger partial charge in [0.05, 0.1) is 11.6 Å². The quantitative estimate of drug-likeness (QED) is 0.688. The van der Waals surface area contributed by atoms with Crippen LogP contribution in [-0.2, 0) is 23.2 Å². The van der Waals surface area contributed by atoms with Crippen molar-refractivity contribution in [1.29, 1.82) is 0 Å². The molecule has 1 saturated heterocycles. The third kappa shape index (κ3) is 3.73. The summed E-state index contributed by atoms with van der Waals surface area (Å²) in [4.78, 5) is 2.58. The molecule has 0 unspecified atom stereocenters. The molecule has 9 heteroatoms. The van der Waals surface area contributed by atoms with Gasteiger partial charge in [-0.15, -0.1) is 0 Å². The van der Waals surface area contributed by atoms with Crippen molar-refractivity contribution in [2.24, 2.45) is 0 Å². The summed E-state index contributed by atoms with van der Waals surface area (Å²) in [6, 6.07) is 8.64. The molecule has 2 aromatic rings. The lowest BCUT2D eigenvalue weighted by Gasteiger charge is -2.33. The fraction of sp³-hybridized carbons (Fsp3) is 0.556. The van der Waals surface area contributed by atoms with Crippen LogP contribution in [0.25, 0.3) is 0 Å². The molecule has 27 heavy (non-hydrogen) atoms. The van der Waals surface area contributed by atoms with Crippen molar-refractivity contribution in [1.82, 2.24) is 23.6 Å². The Balaban J connectivity index is 1.42. The van der Waals surface area contributed by atoms with Crippen molar-refractivity contribution in [2.45, 2.75) is 43.8 Å². The number of piperazine rings is 1. The number of rotatable bonds is 6. The van der Waals surface area contributed by atoms with E-state index in [1.54, 1.807) is 28.6 Å². The summed E-state index contributed by atoms with van der Waals surface area (Å²) in [5, 5.41) is 4.75. The van der Waals surface area contributed by atoms with Crippen molar-refractivity contribution in [2.75, 3.05) is 26.2 Å². The summed E-state index contributed by atoms with van der Waals surface area (Å²) in [6.45, 7) is 5.86. The van der Waals surface area contributed by atoms with Crippen molar-refractivity contribution >= 4 is 22.2 Å². The topological polar surface area (TPSA) is 63.4 Å². The molecule has 4 rings (SSSR count). The average Bonchev–Trinajstić information content (AvgIpc) is 3.48. The Morgan fingerprint density at radius 1 is 1.11 bits per heavy atom. The van der Waals surface area contributed by atoms with Gasteiger partial charge in [-0.1, -0.05) is 18.2 Å². The second kappa shape index (κ2) is 7.46. The van der Waals surface area contributed by atoms with Crippen molar-refractivity contribution < 1.29 is 8.42 Å². The van der Waals surface area contributed by atoms with Gasteiger partial charge in [0.25, 0.3) is 0 Å². The Kier molecular flexibility index (Phi) is 5.19. The molecule has 0 bridgehead atoms. The van der Waals surface area contributed by atoms with E-state index in [9.17, 15) is 8.42 Å². The third-order valence-corrected chi connectivity index (χ3v) is 7.60. The molecule has 0 radical (unpaired) electrons. The van der Waals surface area contributed by atoms with E-state index in [2.05, 4.69) is 16.4 Å². The highest BCUT2D eigenvalue weighted by molar-refractivity contribution is 7.89. The van der Waals surface area contributed by atoms with Gasteiger partial charge in [-0.25, -0.2) is 13.1 Å². The maximum absolute atomic E-state index is 12.7. The zero-order valence-corrected chi connectivity index (χ0v) is 17.1. The van der Waals surface area contributed by atoms with E-state index < -0.39 is 10.0 Å². The average molecular weight is 408 g/mol. The molecule has 2 heterocycles. The maximum atomic E-state index is 12.7. The molecular weight excluding hydrogens is 382 g/mol. The SMILES string of the molecule is CCn1c(C2CC2)nn(CN2CCN(S(=O)(=O)c3ccccc3)CC2)c1=S. The van der Waals surface area contributed by atoms with E-state index in [0.717, 1.165) is 17.1 Å². The van der Waals surface area contributed by atoms with Crippen molar-refractivity contribution in [3.8, 4) is 0 Å². The van der Waals surface area contributed by atoms with Crippen molar-refractivity contribution in [3.63, 3.8) is 0 Å². The molecule has 7 nitrogen and oxygen atoms in total. The molecule has 1 aliphatic heterocycles. The molecular formula is C18H25N5O2S2. The van der Waals surface area contributed by atoms with Crippen LogP contribution in [0.2, 0.25) is 0 Å². The number of benzene rings is 1. The van der Waals surface area contributed by atoms with E-state index in [4.69, 9.17) is 17.3 Å². The number of sulfonamides is 1. The normalized spacial score (nSPS) is 19.4. The molecule has 2 aliphatic rings. The van der Waals surface area contributed by atoms with Crippen LogP contribution in [0.1, 0.15) is 31.5 Å². The Labute approximate surface area is 165 Å². The number of hydrogen-bond donors (Lipinski definition) is 0. The smallest absolute Gasteiger partial charge is 0.243 e. The molecule has 1 aromatic heterocycles. The van der Waals surface area contributed by atoms with Crippen LogP contribution < -0.4 is 0 Å². The van der Waals surface area contributed by atoms with E-state index in [1.807, 2.05) is 10.7 Å². The fourth-order valence-electron chi connectivity index (χ4n) is 3.53. The van der Waals surface area contributed by atoms with Gasteiger partial charge in [-0.3, -0.25) is 4.90 Å². The van der Waals surface area contributed by atoms with Crippen LogP contribution in [0.15, 0.2) is 35.2 Å². The van der Waals surface area contributed by atoms with Gasteiger partial charge in [0.1, 0.15) is 5.82 Å². The van der Waals surface area contributed by atoms with Crippen LogP contribution in [-0.4, -0.2) is 58.1 Å². The summed E-state index contributed by atoms with van der Waals surface area (Å²) in [5.74, 6) is 1.66. The molecule has 0 spiro atoms.